The third-order valence-corrected chi connectivity index (χ3v) is 4.77. The molecule has 1 saturated heterocycles. The van der Waals surface area contributed by atoms with Gasteiger partial charge in [-0.1, -0.05) is 17.7 Å². The first-order chi connectivity index (χ1) is 12.4. The number of hydroxylamine groups is 2. The van der Waals surface area contributed by atoms with Crippen LogP contribution in [0, 0.1) is 32.1 Å². The van der Waals surface area contributed by atoms with E-state index in [2.05, 4.69) is 18.2 Å². The number of benzene rings is 1. The molecule has 6 heteroatoms. The van der Waals surface area contributed by atoms with Gasteiger partial charge in [0.2, 0.25) is 0 Å². The molecule has 0 amide bonds. The largest absolute Gasteiger partial charge is 0.443 e. The van der Waals surface area contributed by atoms with E-state index in [1.54, 1.807) is 12.2 Å². The van der Waals surface area contributed by atoms with Crippen molar-refractivity contribution in [3.8, 4) is 6.07 Å². The fourth-order valence-corrected chi connectivity index (χ4v) is 3.35. The molecule has 26 heavy (non-hydrogen) atoms. The minimum Gasteiger partial charge on any atom is -0.443 e. The SMILES string of the molecule is COCCON1CCC(C#N)(OC(=O)Cc2c(C)cc(C)cc2C)CC1. The normalized spacial score (nSPS) is 16.9. The second kappa shape index (κ2) is 9.13. The number of nitriles is 1. The van der Waals surface area contributed by atoms with Gasteiger partial charge in [-0.05, 0) is 37.5 Å². The van der Waals surface area contributed by atoms with E-state index in [9.17, 15) is 10.1 Å². The Hall–Kier alpha value is -1.94. The lowest BCUT2D eigenvalue weighted by atomic mass is 9.93. The zero-order chi connectivity index (χ0) is 19.2. The molecule has 1 aliphatic rings. The van der Waals surface area contributed by atoms with Gasteiger partial charge in [0.1, 0.15) is 6.07 Å². The van der Waals surface area contributed by atoms with E-state index in [4.69, 9.17) is 14.3 Å². The monoisotopic (exact) mass is 360 g/mol. The number of nitrogens with zero attached hydrogens (tertiary/aromatic N) is 2. The molecule has 1 aliphatic heterocycles. The van der Waals surface area contributed by atoms with Crippen molar-refractivity contribution in [3.63, 3.8) is 0 Å². The van der Waals surface area contributed by atoms with Crippen LogP contribution in [0.15, 0.2) is 12.1 Å². The van der Waals surface area contributed by atoms with Crippen molar-refractivity contribution in [2.75, 3.05) is 33.4 Å². The molecule has 0 unspecified atom stereocenters. The smallest absolute Gasteiger partial charge is 0.311 e. The highest BCUT2D eigenvalue weighted by atomic mass is 16.7. The van der Waals surface area contributed by atoms with Crippen molar-refractivity contribution in [1.82, 2.24) is 5.06 Å². The van der Waals surface area contributed by atoms with Gasteiger partial charge in [-0.25, -0.2) is 0 Å². The Kier molecular flexibility index (Phi) is 7.15. The molecule has 2 rings (SSSR count). The highest BCUT2D eigenvalue weighted by Crippen LogP contribution is 2.27. The number of hydrogen-bond acceptors (Lipinski definition) is 6. The predicted molar refractivity (Wildman–Crippen MR) is 97.4 cm³/mol. The molecular weight excluding hydrogens is 332 g/mol. The van der Waals surface area contributed by atoms with Crippen molar-refractivity contribution < 1.29 is 19.1 Å². The molecule has 142 valence electrons. The average Bonchev–Trinajstić information content (AvgIpc) is 2.60. The summed E-state index contributed by atoms with van der Waals surface area (Å²) in [6.07, 6.45) is 1.07. The lowest BCUT2D eigenvalue weighted by Gasteiger charge is -2.36. The fraction of sp³-hybridized carbons (Fsp3) is 0.600. The molecule has 6 nitrogen and oxygen atoms in total. The van der Waals surface area contributed by atoms with Gasteiger partial charge < -0.3 is 9.47 Å². The topological polar surface area (TPSA) is 71.8 Å². The molecule has 1 aromatic rings. The van der Waals surface area contributed by atoms with Crippen molar-refractivity contribution in [2.45, 2.75) is 45.6 Å². The van der Waals surface area contributed by atoms with Crippen LogP contribution in [-0.2, 0) is 25.5 Å². The van der Waals surface area contributed by atoms with Crippen LogP contribution in [0.1, 0.15) is 35.1 Å². The van der Waals surface area contributed by atoms with E-state index in [-0.39, 0.29) is 12.4 Å². The van der Waals surface area contributed by atoms with Gasteiger partial charge in [0.25, 0.3) is 0 Å². The van der Waals surface area contributed by atoms with Gasteiger partial charge >= 0.3 is 5.97 Å². The lowest BCUT2D eigenvalue weighted by Crippen LogP contribution is -2.46. The summed E-state index contributed by atoms with van der Waals surface area (Å²) in [7, 11) is 1.62. The number of hydrogen-bond donors (Lipinski definition) is 0. The molecule has 0 aromatic heterocycles. The van der Waals surface area contributed by atoms with Crippen LogP contribution in [0.4, 0.5) is 0 Å². The van der Waals surface area contributed by atoms with Crippen LogP contribution in [0.2, 0.25) is 0 Å². The first-order valence-electron chi connectivity index (χ1n) is 8.96. The van der Waals surface area contributed by atoms with Crippen LogP contribution in [0.25, 0.3) is 0 Å². The summed E-state index contributed by atoms with van der Waals surface area (Å²) < 4.78 is 10.6. The molecule has 0 atom stereocenters. The number of ether oxygens (including phenoxy) is 2. The maximum absolute atomic E-state index is 12.5. The van der Waals surface area contributed by atoms with Crippen LogP contribution < -0.4 is 0 Å². The van der Waals surface area contributed by atoms with Gasteiger partial charge in [-0.3, -0.25) is 9.63 Å². The summed E-state index contributed by atoms with van der Waals surface area (Å²) in [5, 5.41) is 11.4. The van der Waals surface area contributed by atoms with Crippen molar-refractivity contribution in [3.05, 3.63) is 34.4 Å². The Morgan fingerprint density at radius 2 is 1.81 bits per heavy atom. The number of methoxy groups -OCH3 is 1. The summed E-state index contributed by atoms with van der Waals surface area (Å²) in [5.41, 5.74) is 3.24. The summed E-state index contributed by atoms with van der Waals surface area (Å²) in [6.45, 7) is 8.12. The Labute approximate surface area is 155 Å². The van der Waals surface area contributed by atoms with Crippen molar-refractivity contribution in [1.29, 1.82) is 5.26 Å². The summed E-state index contributed by atoms with van der Waals surface area (Å²) in [4.78, 5) is 18.1. The number of rotatable bonds is 7. The van der Waals surface area contributed by atoms with E-state index >= 15 is 0 Å². The minimum absolute atomic E-state index is 0.190. The second-order valence-corrected chi connectivity index (χ2v) is 6.89. The van der Waals surface area contributed by atoms with Gasteiger partial charge in [-0.2, -0.15) is 10.3 Å². The van der Waals surface area contributed by atoms with Gasteiger partial charge in [0.05, 0.1) is 19.6 Å². The Bertz CT molecular complexity index is 650. The van der Waals surface area contributed by atoms with E-state index in [1.165, 1.54) is 5.56 Å². The molecule has 1 aromatic carbocycles. The van der Waals surface area contributed by atoms with E-state index < -0.39 is 5.60 Å². The number of aryl methyl sites for hydroxylation is 3. The summed E-state index contributed by atoms with van der Waals surface area (Å²) in [6, 6.07) is 6.33. The molecule has 0 spiro atoms. The fourth-order valence-electron chi connectivity index (χ4n) is 3.35. The van der Waals surface area contributed by atoms with Crippen LogP contribution >= 0.6 is 0 Å². The Balaban J connectivity index is 1.94. The number of carbonyl (C=O) groups is 1. The molecule has 0 bridgehead atoms. The van der Waals surface area contributed by atoms with E-state index in [0.29, 0.717) is 39.1 Å². The zero-order valence-corrected chi connectivity index (χ0v) is 16.1. The Morgan fingerprint density at radius 1 is 1.19 bits per heavy atom. The van der Waals surface area contributed by atoms with Crippen molar-refractivity contribution >= 4 is 5.97 Å². The average molecular weight is 360 g/mol. The first-order valence-corrected chi connectivity index (χ1v) is 8.96. The molecule has 1 fully saturated rings. The maximum atomic E-state index is 12.5. The third-order valence-electron chi connectivity index (χ3n) is 4.77. The molecular formula is C20H28N2O4. The lowest BCUT2D eigenvalue weighted by molar-refractivity contribution is -0.201. The molecule has 0 saturated carbocycles. The maximum Gasteiger partial charge on any atom is 0.311 e. The molecule has 0 N–H and O–H groups in total. The van der Waals surface area contributed by atoms with E-state index in [1.807, 2.05) is 20.8 Å². The minimum atomic E-state index is -1.06. The van der Waals surface area contributed by atoms with Crippen molar-refractivity contribution in [2.24, 2.45) is 0 Å². The Morgan fingerprint density at radius 3 is 2.35 bits per heavy atom. The van der Waals surface area contributed by atoms with Crippen LogP contribution in [0.3, 0.4) is 0 Å². The molecule has 0 aliphatic carbocycles. The summed E-state index contributed by atoms with van der Waals surface area (Å²) >= 11 is 0. The van der Waals surface area contributed by atoms with Crippen LogP contribution in [-0.4, -0.2) is 50.0 Å². The van der Waals surface area contributed by atoms with Gasteiger partial charge in [0.15, 0.2) is 5.60 Å². The van der Waals surface area contributed by atoms with Gasteiger partial charge in [0, 0.05) is 33.0 Å². The van der Waals surface area contributed by atoms with Crippen LogP contribution in [0.5, 0.6) is 0 Å². The number of piperidine rings is 1. The number of carbonyl (C=O) groups excluding carboxylic acids is 1. The molecule has 1 heterocycles. The highest BCUT2D eigenvalue weighted by molar-refractivity contribution is 5.74. The first kappa shape index (κ1) is 20.4. The van der Waals surface area contributed by atoms with E-state index in [0.717, 1.165) is 16.7 Å². The highest BCUT2D eigenvalue weighted by Gasteiger charge is 2.39. The number of esters is 1. The summed E-state index contributed by atoms with van der Waals surface area (Å²) in [5.74, 6) is -0.352. The standard InChI is InChI=1S/C20H28N2O4/c1-15-11-16(2)18(17(3)12-15)13-19(23)26-20(14-21)5-7-22(8-6-20)25-10-9-24-4/h11-12H,5-10,13H2,1-4H3. The quantitative estimate of drug-likeness (QED) is 0.550. The van der Waals surface area contributed by atoms with Gasteiger partial charge in [-0.15, -0.1) is 0 Å². The zero-order valence-electron chi connectivity index (χ0n) is 16.1. The second-order valence-electron chi connectivity index (χ2n) is 6.89. The third kappa shape index (κ3) is 5.28. The molecule has 0 radical (unpaired) electrons. The predicted octanol–water partition coefficient (Wildman–Crippen LogP) is 2.63.